The van der Waals surface area contributed by atoms with Crippen molar-refractivity contribution in [2.45, 2.75) is 40.0 Å². The molecule has 0 radical (unpaired) electrons. The van der Waals surface area contributed by atoms with E-state index in [-0.39, 0.29) is 23.6 Å². The lowest BCUT2D eigenvalue weighted by atomic mass is 9.92. The lowest BCUT2D eigenvalue weighted by Crippen LogP contribution is -2.54. The lowest BCUT2D eigenvalue weighted by Gasteiger charge is -2.40. The molecule has 7 nitrogen and oxygen atoms in total. The van der Waals surface area contributed by atoms with Crippen LogP contribution in [0, 0.1) is 17.8 Å². The van der Waals surface area contributed by atoms with Crippen LogP contribution in [0.5, 0.6) is 0 Å². The molecule has 3 heterocycles. The van der Waals surface area contributed by atoms with E-state index in [1.165, 1.54) is 6.42 Å². The molecule has 3 saturated heterocycles. The van der Waals surface area contributed by atoms with Gasteiger partial charge < -0.3 is 14.7 Å². The summed E-state index contributed by atoms with van der Waals surface area (Å²) in [6.07, 6.45) is 2.74. The van der Waals surface area contributed by atoms with E-state index in [0.717, 1.165) is 39.0 Å². The van der Waals surface area contributed by atoms with Crippen LogP contribution in [0.2, 0.25) is 0 Å². The number of piperazine rings is 1. The molecule has 3 rings (SSSR count). The number of amides is 3. The molecule has 0 N–H and O–H groups in total. The first-order valence-electron chi connectivity index (χ1n) is 10.9. The summed E-state index contributed by atoms with van der Waals surface area (Å²) in [5, 5.41) is 0. The van der Waals surface area contributed by atoms with E-state index < -0.39 is 0 Å². The Morgan fingerprint density at radius 2 is 1.36 bits per heavy atom. The molecule has 0 aliphatic carbocycles. The standard InChI is InChI=1S/C21H36N4O3/c1-16-12-17(2)14-25(13-16)20(27)15-22-8-10-24(11-9-22)21(28)19-4-6-23(7-5-19)18(3)26/h16-17,19H,4-15H2,1-3H3. The number of carbonyl (C=O) groups excluding carboxylic acids is 3. The fraction of sp³-hybridized carbons (Fsp3) is 0.857. The molecule has 3 amide bonds. The number of carbonyl (C=O) groups is 3. The van der Waals surface area contributed by atoms with Crippen LogP contribution in [-0.4, -0.2) is 96.2 Å². The molecule has 28 heavy (non-hydrogen) atoms. The molecule has 0 aromatic rings. The second kappa shape index (κ2) is 9.25. The minimum Gasteiger partial charge on any atom is -0.343 e. The van der Waals surface area contributed by atoms with Gasteiger partial charge in [-0.15, -0.1) is 0 Å². The van der Waals surface area contributed by atoms with Crippen molar-refractivity contribution < 1.29 is 14.4 Å². The van der Waals surface area contributed by atoms with Crippen LogP contribution >= 0.6 is 0 Å². The Labute approximate surface area is 169 Å². The van der Waals surface area contributed by atoms with Crippen molar-refractivity contribution in [1.29, 1.82) is 0 Å². The van der Waals surface area contributed by atoms with E-state index in [1.807, 2.05) is 14.7 Å². The fourth-order valence-electron chi connectivity index (χ4n) is 4.98. The SMILES string of the molecule is CC(=O)N1CCC(C(=O)N2CCN(CC(=O)N3CC(C)CC(C)C3)CC2)CC1. The van der Waals surface area contributed by atoms with Crippen molar-refractivity contribution in [3.8, 4) is 0 Å². The van der Waals surface area contributed by atoms with Crippen molar-refractivity contribution in [3.05, 3.63) is 0 Å². The molecular formula is C21H36N4O3. The lowest BCUT2D eigenvalue weighted by molar-refractivity contribution is -0.142. The predicted octanol–water partition coefficient (Wildman–Crippen LogP) is 0.894. The van der Waals surface area contributed by atoms with Gasteiger partial charge in [0.2, 0.25) is 17.7 Å². The number of piperidine rings is 2. The van der Waals surface area contributed by atoms with Crippen LogP contribution in [0.15, 0.2) is 0 Å². The highest BCUT2D eigenvalue weighted by Crippen LogP contribution is 2.22. The summed E-state index contributed by atoms with van der Waals surface area (Å²) in [6, 6.07) is 0. The Balaban J connectivity index is 1.41. The molecule has 0 saturated carbocycles. The van der Waals surface area contributed by atoms with Gasteiger partial charge in [0.25, 0.3) is 0 Å². The first-order chi connectivity index (χ1) is 13.3. The Morgan fingerprint density at radius 1 is 0.786 bits per heavy atom. The van der Waals surface area contributed by atoms with Gasteiger partial charge >= 0.3 is 0 Å². The highest BCUT2D eigenvalue weighted by Gasteiger charge is 2.32. The highest BCUT2D eigenvalue weighted by atomic mass is 16.2. The van der Waals surface area contributed by atoms with Crippen molar-refractivity contribution >= 4 is 17.7 Å². The third kappa shape index (κ3) is 5.25. The van der Waals surface area contributed by atoms with Gasteiger partial charge in [-0.2, -0.15) is 0 Å². The minimum absolute atomic E-state index is 0.0418. The maximum Gasteiger partial charge on any atom is 0.236 e. The van der Waals surface area contributed by atoms with Crippen molar-refractivity contribution in [2.24, 2.45) is 17.8 Å². The molecule has 0 aromatic heterocycles. The van der Waals surface area contributed by atoms with Gasteiger partial charge in [-0.3, -0.25) is 19.3 Å². The Hall–Kier alpha value is -1.63. The average Bonchev–Trinajstić information content (AvgIpc) is 2.67. The molecule has 3 aliphatic heterocycles. The first-order valence-corrected chi connectivity index (χ1v) is 10.9. The largest absolute Gasteiger partial charge is 0.343 e. The van der Waals surface area contributed by atoms with Gasteiger partial charge in [0.15, 0.2) is 0 Å². The quantitative estimate of drug-likeness (QED) is 0.716. The monoisotopic (exact) mass is 392 g/mol. The number of nitrogens with zero attached hydrogens (tertiary/aromatic N) is 4. The summed E-state index contributed by atoms with van der Waals surface area (Å²) in [7, 11) is 0. The average molecular weight is 393 g/mol. The summed E-state index contributed by atoms with van der Waals surface area (Å²) in [5.41, 5.74) is 0. The van der Waals surface area contributed by atoms with Gasteiger partial charge in [0.1, 0.15) is 0 Å². The maximum absolute atomic E-state index is 12.8. The van der Waals surface area contributed by atoms with Crippen molar-refractivity contribution in [1.82, 2.24) is 19.6 Å². The predicted molar refractivity (Wildman–Crippen MR) is 108 cm³/mol. The number of hydrogen-bond acceptors (Lipinski definition) is 4. The summed E-state index contributed by atoms with van der Waals surface area (Å²) in [5.74, 6) is 1.76. The Kier molecular flexibility index (Phi) is 6.96. The zero-order valence-corrected chi connectivity index (χ0v) is 17.7. The smallest absolute Gasteiger partial charge is 0.236 e. The molecule has 2 unspecified atom stereocenters. The molecule has 7 heteroatoms. The second-order valence-corrected chi connectivity index (χ2v) is 9.13. The third-order valence-electron chi connectivity index (χ3n) is 6.55. The van der Waals surface area contributed by atoms with E-state index in [1.54, 1.807) is 6.92 Å². The van der Waals surface area contributed by atoms with Crippen LogP contribution in [0.4, 0.5) is 0 Å². The van der Waals surface area contributed by atoms with E-state index in [2.05, 4.69) is 18.7 Å². The molecule has 2 atom stereocenters. The van der Waals surface area contributed by atoms with Gasteiger partial charge in [-0.05, 0) is 31.1 Å². The van der Waals surface area contributed by atoms with Crippen molar-refractivity contribution in [2.75, 3.05) is 58.9 Å². The topological polar surface area (TPSA) is 64.2 Å². The number of rotatable bonds is 3. The van der Waals surface area contributed by atoms with Gasteiger partial charge in [0, 0.05) is 65.2 Å². The molecule has 0 aromatic carbocycles. The van der Waals surface area contributed by atoms with Crippen LogP contribution in [0.1, 0.15) is 40.0 Å². The molecular weight excluding hydrogens is 356 g/mol. The van der Waals surface area contributed by atoms with Crippen LogP contribution in [0.25, 0.3) is 0 Å². The van der Waals surface area contributed by atoms with Crippen LogP contribution in [-0.2, 0) is 14.4 Å². The zero-order valence-electron chi connectivity index (χ0n) is 17.7. The third-order valence-corrected chi connectivity index (χ3v) is 6.55. The molecule has 3 aliphatic rings. The van der Waals surface area contributed by atoms with Crippen LogP contribution < -0.4 is 0 Å². The maximum atomic E-state index is 12.8. The molecule has 0 spiro atoms. The summed E-state index contributed by atoms with van der Waals surface area (Å²) in [4.78, 5) is 44.9. The summed E-state index contributed by atoms with van der Waals surface area (Å²) in [6.45, 7) is 12.6. The minimum atomic E-state index is 0.0418. The molecule has 0 bridgehead atoms. The van der Waals surface area contributed by atoms with E-state index in [4.69, 9.17) is 0 Å². The number of hydrogen-bond donors (Lipinski definition) is 0. The molecule has 3 fully saturated rings. The normalized spacial score (nSPS) is 27.8. The molecule has 158 valence electrons. The van der Waals surface area contributed by atoms with Crippen molar-refractivity contribution in [3.63, 3.8) is 0 Å². The summed E-state index contributed by atoms with van der Waals surface area (Å²) < 4.78 is 0. The van der Waals surface area contributed by atoms with Gasteiger partial charge in [-0.1, -0.05) is 13.8 Å². The Bertz CT molecular complexity index is 570. The highest BCUT2D eigenvalue weighted by molar-refractivity contribution is 5.80. The fourth-order valence-corrected chi connectivity index (χ4v) is 4.98. The van der Waals surface area contributed by atoms with E-state index >= 15 is 0 Å². The summed E-state index contributed by atoms with van der Waals surface area (Å²) >= 11 is 0. The van der Waals surface area contributed by atoms with E-state index in [0.29, 0.717) is 44.6 Å². The number of likely N-dealkylation sites (tertiary alicyclic amines) is 2. The van der Waals surface area contributed by atoms with E-state index in [9.17, 15) is 14.4 Å². The Morgan fingerprint density at radius 3 is 1.89 bits per heavy atom. The van der Waals surface area contributed by atoms with Crippen LogP contribution in [0.3, 0.4) is 0 Å². The van der Waals surface area contributed by atoms with Gasteiger partial charge in [-0.25, -0.2) is 0 Å². The van der Waals surface area contributed by atoms with Gasteiger partial charge in [0.05, 0.1) is 6.54 Å². The zero-order chi connectivity index (χ0) is 20.3. The second-order valence-electron chi connectivity index (χ2n) is 9.13. The first kappa shape index (κ1) is 21.1.